The molecule has 0 radical (unpaired) electrons. The topological polar surface area (TPSA) is 33.3 Å². The fourth-order valence-electron chi connectivity index (χ4n) is 5.02. The van der Waals surface area contributed by atoms with E-state index in [1.165, 1.54) is 11.6 Å². The normalized spacial score (nSPS) is 19.7. The summed E-state index contributed by atoms with van der Waals surface area (Å²) in [5.74, 6) is 0.816. The first kappa shape index (κ1) is 24.6. The van der Waals surface area contributed by atoms with Gasteiger partial charge in [0.25, 0.3) is 0 Å². The van der Waals surface area contributed by atoms with Gasteiger partial charge in [-0.2, -0.15) is 13.2 Å². The fourth-order valence-corrected chi connectivity index (χ4v) is 5.02. The van der Waals surface area contributed by atoms with E-state index in [0.29, 0.717) is 25.1 Å². The Labute approximate surface area is 204 Å². The van der Waals surface area contributed by atoms with Crippen molar-refractivity contribution in [2.45, 2.75) is 44.1 Å². The first-order chi connectivity index (χ1) is 16.0. The highest BCUT2D eigenvalue weighted by Crippen LogP contribution is 2.40. The first-order valence-electron chi connectivity index (χ1n) is 11.5. The van der Waals surface area contributed by atoms with Gasteiger partial charge in [0.2, 0.25) is 0 Å². The number of piperidine rings is 1. The van der Waals surface area contributed by atoms with Crippen molar-refractivity contribution in [2.75, 3.05) is 13.2 Å². The van der Waals surface area contributed by atoms with Crippen LogP contribution in [0.1, 0.15) is 41.1 Å². The number of hydrogen-bond donors (Lipinski definition) is 2. The minimum atomic E-state index is -4.40. The number of ether oxygens (including phenoxy) is 1. The smallest absolute Gasteiger partial charge is 0.417 e. The van der Waals surface area contributed by atoms with Crippen LogP contribution in [0.5, 0.6) is 5.75 Å². The second-order valence-electron chi connectivity index (χ2n) is 8.74. The molecule has 0 amide bonds. The van der Waals surface area contributed by atoms with Gasteiger partial charge in [0.05, 0.1) is 12.2 Å². The van der Waals surface area contributed by atoms with Crippen LogP contribution in [0, 0.1) is 0 Å². The molecule has 5 rings (SSSR count). The molecule has 0 bridgehead atoms. The van der Waals surface area contributed by atoms with Gasteiger partial charge in [-0.3, -0.25) is 0 Å². The van der Waals surface area contributed by atoms with Crippen LogP contribution in [0.25, 0.3) is 11.1 Å². The lowest BCUT2D eigenvalue weighted by atomic mass is 9.91. The third-order valence-corrected chi connectivity index (χ3v) is 6.58. The maximum atomic E-state index is 13.7. The Kier molecular flexibility index (Phi) is 7.51. The summed E-state index contributed by atoms with van der Waals surface area (Å²) in [6.45, 7) is 2.07. The van der Waals surface area contributed by atoms with Gasteiger partial charge in [-0.15, -0.1) is 12.4 Å². The minimum Gasteiger partial charge on any atom is -0.493 e. The molecular weight excluding hydrogens is 461 g/mol. The number of hydrogen-bond acceptors (Lipinski definition) is 3. The summed E-state index contributed by atoms with van der Waals surface area (Å²) in [4.78, 5) is 0. The predicted molar refractivity (Wildman–Crippen MR) is 130 cm³/mol. The lowest BCUT2D eigenvalue weighted by Crippen LogP contribution is -2.45. The molecule has 0 spiro atoms. The van der Waals surface area contributed by atoms with E-state index in [4.69, 9.17) is 4.74 Å². The van der Waals surface area contributed by atoms with Crippen LogP contribution < -0.4 is 15.4 Å². The van der Waals surface area contributed by atoms with Crippen molar-refractivity contribution in [3.8, 4) is 16.9 Å². The fraction of sp³-hybridized carbons (Fsp3) is 0.333. The minimum absolute atomic E-state index is 0. The van der Waals surface area contributed by atoms with Crippen molar-refractivity contribution in [3.05, 3.63) is 89.0 Å². The Morgan fingerprint density at radius 2 is 1.76 bits per heavy atom. The van der Waals surface area contributed by atoms with Crippen LogP contribution in [0.15, 0.2) is 66.7 Å². The highest BCUT2D eigenvalue weighted by Gasteiger charge is 2.34. The van der Waals surface area contributed by atoms with Crippen molar-refractivity contribution in [2.24, 2.45) is 0 Å². The number of fused-ring (bicyclic) bond motifs is 1. The molecule has 2 heterocycles. The van der Waals surface area contributed by atoms with Gasteiger partial charge in [0.15, 0.2) is 0 Å². The molecule has 0 aliphatic carbocycles. The van der Waals surface area contributed by atoms with Crippen molar-refractivity contribution >= 4 is 12.4 Å². The third kappa shape index (κ3) is 5.09. The molecule has 0 aromatic heterocycles. The summed E-state index contributed by atoms with van der Waals surface area (Å²) in [7, 11) is 0. The molecule has 2 aliphatic rings. The van der Waals surface area contributed by atoms with E-state index >= 15 is 0 Å². The van der Waals surface area contributed by atoms with Crippen molar-refractivity contribution < 1.29 is 17.9 Å². The van der Waals surface area contributed by atoms with E-state index in [1.807, 2.05) is 30.3 Å². The molecule has 1 fully saturated rings. The summed E-state index contributed by atoms with van der Waals surface area (Å²) in [5.41, 5.74) is 3.32. The van der Waals surface area contributed by atoms with Gasteiger partial charge in [-0.05, 0) is 59.8 Å². The number of nitrogens with one attached hydrogen (secondary N) is 2. The van der Waals surface area contributed by atoms with Gasteiger partial charge < -0.3 is 15.4 Å². The number of halogens is 4. The standard InChI is InChI=1S/C27H27F3N2O.ClH/c28-27(29,30)23-10-5-4-9-22(23)20-15-19-12-14-33-26(19)21(16-20)17-32-24-11-6-13-31-25(24)18-7-2-1-3-8-18;/h1-5,7-10,15-16,24-25,31-32H,6,11-14,17H2;1H/t24-,25-;/m0./s1. The molecule has 34 heavy (non-hydrogen) atoms. The zero-order valence-corrected chi connectivity index (χ0v) is 19.5. The van der Waals surface area contributed by atoms with Gasteiger partial charge in [-0.25, -0.2) is 0 Å². The lowest BCUT2D eigenvalue weighted by Gasteiger charge is -2.34. The SMILES string of the molecule is Cl.FC(F)(F)c1ccccc1-c1cc2c(c(CN[C@H]3CCCN[C@H]3c3ccccc3)c1)OCC2. The highest BCUT2D eigenvalue weighted by molar-refractivity contribution is 5.85. The monoisotopic (exact) mass is 488 g/mol. The Balaban J connectivity index is 0.00000274. The summed E-state index contributed by atoms with van der Waals surface area (Å²) in [5, 5.41) is 7.29. The molecule has 1 saturated heterocycles. The maximum absolute atomic E-state index is 13.7. The summed E-state index contributed by atoms with van der Waals surface area (Å²) < 4.78 is 46.9. The molecule has 0 saturated carbocycles. The molecule has 3 aromatic carbocycles. The van der Waals surface area contributed by atoms with Crippen molar-refractivity contribution in [3.63, 3.8) is 0 Å². The molecule has 2 N–H and O–H groups in total. The van der Waals surface area contributed by atoms with E-state index < -0.39 is 11.7 Å². The molecule has 3 nitrogen and oxygen atoms in total. The Morgan fingerprint density at radius 1 is 1.00 bits per heavy atom. The number of rotatable bonds is 5. The zero-order valence-electron chi connectivity index (χ0n) is 18.7. The van der Waals surface area contributed by atoms with Gasteiger partial charge in [-0.1, -0.05) is 48.5 Å². The largest absolute Gasteiger partial charge is 0.493 e. The zero-order chi connectivity index (χ0) is 22.8. The third-order valence-electron chi connectivity index (χ3n) is 6.58. The molecule has 0 unspecified atom stereocenters. The van der Waals surface area contributed by atoms with Crippen molar-refractivity contribution in [1.29, 1.82) is 0 Å². The summed E-state index contributed by atoms with van der Waals surface area (Å²) in [6, 6.07) is 20.3. The van der Waals surface area contributed by atoms with E-state index in [0.717, 1.165) is 42.3 Å². The lowest BCUT2D eigenvalue weighted by molar-refractivity contribution is -0.137. The van der Waals surface area contributed by atoms with Crippen molar-refractivity contribution in [1.82, 2.24) is 10.6 Å². The second-order valence-corrected chi connectivity index (χ2v) is 8.74. The maximum Gasteiger partial charge on any atom is 0.417 e. The van der Waals surface area contributed by atoms with Crippen LogP contribution >= 0.6 is 12.4 Å². The highest BCUT2D eigenvalue weighted by atomic mass is 35.5. The average molecular weight is 489 g/mol. The van der Waals surface area contributed by atoms with E-state index in [-0.39, 0.29) is 30.1 Å². The van der Waals surface area contributed by atoms with Gasteiger partial charge in [0, 0.05) is 30.6 Å². The van der Waals surface area contributed by atoms with Crippen LogP contribution in [0.3, 0.4) is 0 Å². The molecular formula is C27H28ClF3N2O. The number of alkyl halides is 3. The molecule has 2 atom stereocenters. The second kappa shape index (κ2) is 10.4. The number of benzene rings is 3. The van der Waals surface area contributed by atoms with Crippen LogP contribution in [-0.4, -0.2) is 19.2 Å². The molecule has 7 heteroatoms. The summed E-state index contributed by atoms with van der Waals surface area (Å²) in [6.07, 6.45) is -1.58. The summed E-state index contributed by atoms with van der Waals surface area (Å²) >= 11 is 0. The Morgan fingerprint density at radius 3 is 2.56 bits per heavy atom. The Hall–Kier alpha value is -2.54. The average Bonchev–Trinajstić information content (AvgIpc) is 3.32. The van der Waals surface area contributed by atoms with Gasteiger partial charge >= 0.3 is 6.18 Å². The van der Waals surface area contributed by atoms with E-state index in [1.54, 1.807) is 12.1 Å². The molecule has 3 aromatic rings. The van der Waals surface area contributed by atoms with Crippen LogP contribution in [0.2, 0.25) is 0 Å². The quantitative estimate of drug-likeness (QED) is 0.441. The predicted octanol–water partition coefficient (Wildman–Crippen LogP) is 6.31. The van der Waals surface area contributed by atoms with Crippen LogP contribution in [0.4, 0.5) is 13.2 Å². The van der Waals surface area contributed by atoms with Crippen LogP contribution in [-0.2, 0) is 19.1 Å². The first-order valence-corrected chi connectivity index (χ1v) is 11.5. The molecule has 2 aliphatic heterocycles. The van der Waals surface area contributed by atoms with Gasteiger partial charge in [0.1, 0.15) is 5.75 Å². The van der Waals surface area contributed by atoms with E-state index in [2.05, 4.69) is 22.8 Å². The van der Waals surface area contributed by atoms with E-state index in [9.17, 15) is 13.2 Å². The molecule has 180 valence electrons. The Bertz CT molecular complexity index is 1120.